The zero-order valence-corrected chi connectivity index (χ0v) is 16.3. The number of methoxy groups -OCH3 is 1. The molecule has 0 saturated carbocycles. The second kappa shape index (κ2) is 7.20. The zero-order chi connectivity index (χ0) is 18.9. The Labute approximate surface area is 157 Å². The van der Waals surface area contributed by atoms with E-state index in [1.165, 1.54) is 24.9 Å². The van der Waals surface area contributed by atoms with E-state index < -0.39 is 10.0 Å². The van der Waals surface area contributed by atoms with Crippen molar-refractivity contribution in [2.24, 2.45) is 5.92 Å². The van der Waals surface area contributed by atoms with Gasteiger partial charge in [-0.3, -0.25) is 9.52 Å². The zero-order valence-electron chi connectivity index (χ0n) is 14.7. The molecular weight excluding hydrogens is 372 g/mol. The minimum absolute atomic E-state index is 0.0789. The highest BCUT2D eigenvalue weighted by molar-refractivity contribution is 7.99. The summed E-state index contributed by atoms with van der Waals surface area (Å²) in [6.45, 7) is 3.71. The number of hydrogen-bond donors (Lipinski definition) is 2. The van der Waals surface area contributed by atoms with E-state index in [2.05, 4.69) is 10.0 Å². The topological polar surface area (TPSA) is 84.5 Å². The van der Waals surface area contributed by atoms with Crippen molar-refractivity contribution in [3.8, 4) is 5.75 Å². The molecule has 0 aliphatic carbocycles. The molecule has 1 heterocycles. The van der Waals surface area contributed by atoms with Gasteiger partial charge in [-0.05, 0) is 42.8 Å². The Morgan fingerprint density at radius 1 is 1.23 bits per heavy atom. The lowest BCUT2D eigenvalue weighted by Gasteiger charge is -2.14. The lowest BCUT2D eigenvalue weighted by molar-refractivity contribution is -0.118. The lowest BCUT2D eigenvalue weighted by Crippen LogP contribution is -2.20. The van der Waals surface area contributed by atoms with Crippen LogP contribution in [0.15, 0.2) is 46.2 Å². The molecule has 2 aromatic carbocycles. The number of thioether (sulfide) groups is 1. The molecule has 2 N–H and O–H groups in total. The maximum atomic E-state index is 12.8. The highest BCUT2D eigenvalue weighted by Gasteiger charge is 2.23. The number of hydrogen-bond acceptors (Lipinski definition) is 5. The molecule has 8 heteroatoms. The van der Waals surface area contributed by atoms with Crippen LogP contribution in [-0.4, -0.2) is 27.2 Å². The highest BCUT2D eigenvalue weighted by atomic mass is 32.2. The van der Waals surface area contributed by atoms with E-state index >= 15 is 0 Å². The molecule has 1 amide bonds. The summed E-state index contributed by atoms with van der Waals surface area (Å²) in [5, 5.41) is 2.80. The number of aryl methyl sites for hydroxylation is 1. The fourth-order valence-electron chi connectivity index (χ4n) is 2.55. The fourth-order valence-corrected chi connectivity index (χ4v) is 4.65. The molecule has 0 fully saturated rings. The third kappa shape index (κ3) is 3.81. The summed E-state index contributed by atoms with van der Waals surface area (Å²) in [6, 6.07) is 10.0. The summed E-state index contributed by atoms with van der Waals surface area (Å²) < 4.78 is 33.4. The summed E-state index contributed by atoms with van der Waals surface area (Å²) >= 11 is 1.53. The Morgan fingerprint density at radius 3 is 2.73 bits per heavy atom. The minimum Gasteiger partial charge on any atom is -0.495 e. The van der Waals surface area contributed by atoms with E-state index in [0.29, 0.717) is 22.9 Å². The summed E-state index contributed by atoms with van der Waals surface area (Å²) in [5.41, 5.74) is 1.79. The Kier molecular flexibility index (Phi) is 5.15. The third-order valence-electron chi connectivity index (χ3n) is 4.05. The number of ether oxygens (including phenoxy) is 1. The summed E-state index contributed by atoms with van der Waals surface area (Å²) in [4.78, 5) is 13.0. The van der Waals surface area contributed by atoms with Gasteiger partial charge in [-0.15, -0.1) is 11.8 Å². The number of rotatable bonds is 4. The van der Waals surface area contributed by atoms with Crippen molar-refractivity contribution < 1.29 is 17.9 Å². The maximum absolute atomic E-state index is 12.8. The first-order chi connectivity index (χ1) is 12.3. The number of anilines is 2. The van der Waals surface area contributed by atoms with Crippen LogP contribution in [0.25, 0.3) is 0 Å². The molecule has 26 heavy (non-hydrogen) atoms. The molecule has 2 aromatic rings. The molecular formula is C18H20N2O4S2. The number of sulfonamides is 1. The van der Waals surface area contributed by atoms with Gasteiger partial charge >= 0.3 is 0 Å². The van der Waals surface area contributed by atoms with Crippen LogP contribution in [0.4, 0.5) is 11.4 Å². The molecule has 0 spiro atoms. The van der Waals surface area contributed by atoms with Gasteiger partial charge in [0, 0.05) is 16.6 Å². The molecule has 0 saturated heterocycles. The van der Waals surface area contributed by atoms with E-state index in [9.17, 15) is 13.2 Å². The van der Waals surface area contributed by atoms with Gasteiger partial charge < -0.3 is 10.1 Å². The Morgan fingerprint density at radius 2 is 2.00 bits per heavy atom. The van der Waals surface area contributed by atoms with Crippen molar-refractivity contribution in [3.63, 3.8) is 0 Å². The van der Waals surface area contributed by atoms with Crippen LogP contribution in [0.5, 0.6) is 5.75 Å². The quantitative estimate of drug-likeness (QED) is 0.832. The molecule has 1 aliphatic heterocycles. The predicted octanol–water partition coefficient (Wildman–Crippen LogP) is 3.48. The van der Waals surface area contributed by atoms with Crippen LogP contribution in [-0.2, 0) is 14.8 Å². The van der Waals surface area contributed by atoms with Crippen molar-refractivity contribution >= 4 is 39.1 Å². The van der Waals surface area contributed by atoms with Crippen LogP contribution >= 0.6 is 11.8 Å². The first-order valence-corrected chi connectivity index (χ1v) is 10.5. The van der Waals surface area contributed by atoms with Gasteiger partial charge in [0.25, 0.3) is 10.0 Å². The Hall–Kier alpha value is -2.19. The molecule has 138 valence electrons. The second-order valence-electron chi connectivity index (χ2n) is 6.17. The average molecular weight is 393 g/mol. The normalized spacial score (nSPS) is 17.0. The van der Waals surface area contributed by atoms with E-state index in [1.807, 2.05) is 19.9 Å². The number of carbonyl (C=O) groups excluding carboxylic acids is 1. The van der Waals surface area contributed by atoms with Gasteiger partial charge in [-0.1, -0.05) is 13.0 Å². The molecule has 6 nitrogen and oxygen atoms in total. The smallest absolute Gasteiger partial charge is 0.262 e. The fraction of sp³-hybridized carbons (Fsp3) is 0.278. The molecule has 0 radical (unpaired) electrons. The first kappa shape index (κ1) is 18.6. The number of nitrogens with one attached hydrogen (secondary N) is 2. The van der Waals surface area contributed by atoms with E-state index in [1.54, 1.807) is 24.3 Å². The molecule has 1 aliphatic rings. The number of fused-ring (bicyclic) bond motifs is 1. The van der Waals surface area contributed by atoms with Crippen LogP contribution in [0.1, 0.15) is 12.5 Å². The van der Waals surface area contributed by atoms with Gasteiger partial charge in [0.2, 0.25) is 5.91 Å². The minimum atomic E-state index is -3.83. The van der Waals surface area contributed by atoms with Crippen molar-refractivity contribution in [1.29, 1.82) is 0 Å². The summed E-state index contributed by atoms with van der Waals surface area (Å²) in [7, 11) is -2.34. The average Bonchev–Trinajstić information content (AvgIpc) is 2.73. The lowest BCUT2D eigenvalue weighted by atomic mass is 10.2. The molecule has 3 rings (SSSR count). The van der Waals surface area contributed by atoms with Crippen molar-refractivity contribution in [2.45, 2.75) is 23.6 Å². The molecule has 1 unspecified atom stereocenters. The van der Waals surface area contributed by atoms with Crippen LogP contribution in [0.2, 0.25) is 0 Å². The first-order valence-electron chi connectivity index (χ1n) is 8.05. The van der Waals surface area contributed by atoms with Gasteiger partial charge in [0.1, 0.15) is 5.75 Å². The van der Waals surface area contributed by atoms with Crippen molar-refractivity contribution in [1.82, 2.24) is 0 Å². The van der Waals surface area contributed by atoms with E-state index in [-0.39, 0.29) is 16.7 Å². The van der Waals surface area contributed by atoms with Crippen LogP contribution in [0.3, 0.4) is 0 Å². The largest absolute Gasteiger partial charge is 0.495 e. The standard InChI is InChI=1S/C18H20N2O4S2/c1-11-4-6-16(24-3)14(8-11)20-26(22,23)13-5-7-17-15(9-13)19-18(21)12(2)10-25-17/h4-9,12,20H,10H2,1-3H3,(H,19,21). The maximum Gasteiger partial charge on any atom is 0.262 e. The van der Waals surface area contributed by atoms with Crippen molar-refractivity contribution in [3.05, 3.63) is 42.0 Å². The SMILES string of the molecule is COc1ccc(C)cc1NS(=O)(=O)c1ccc2c(c1)NC(=O)C(C)CS2. The van der Waals surface area contributed by atoms with Crippen molar-refractivity contribution in [2.75, 3.05) is 22.9 Å². The van der Waals surface area contributed by atoms with Crippen LogP contribution in [0, 0.1) is 12.8 Å². The van der Waals surface area contributed by atoms with E-state index in [0.717, 1.165) is 10.5 Å². The van der Waals surface area contributed by atoms with Crippen LogP contribution < -0.4 is 14.8 Å². The predicted molar refractivity (Wildman–Crippen MR) is 103 cm³/mol. The Bertz CT molecular complexity index is 958. The molecule has 1 atom stereocenters. The molecule has 0 bridgehead atoms. The summed E-state index contributed by atoms with van der Waals surface area (Å²) in [6.07, 6.45) is 0. The number of amides is 1. The third-order valence-corrected chi connectivity index (χ3v) is 6.75. The van der Waals surface area contributed by atoms with Gasteiger partial charge in [-0.2, -0.15) is 0 Å². The van der Waals surface area contributed by atoms with E-state index in [4.69, 9.17) is 4.74 Å². The second-order valence-corrected chi connectivity index (χ2v) is 8.91. The molecule has 0 aromatic heterocycles. The number of benzene rings is 2. The number of carbonyl (C=O) groups is 1. The Balaban J connectivity index is 1.95. The van der Waals surface area contributed by atoms with Gasteiger partial charge in [0.15, 0.2) is 0 Å². The highest BCUT2D eigenvalue weighted by Crippen LogP contribution is 2.35. The van der Waals surface area contributed by atoms with Gasteiger partial charge in [-0.25, -0.2) is 8.42 Å². The van der Waals surface area contributed by atoms with Gasteiger partial charge in [0.05, 0.1) is 23.4 Å². The monoisotopic (exact) mass is 392 g/mol. The summed E-state index contributed by atoms with van der Waals surface area (Å²) in [5.74, 6) is 0.844.